The summed E-state index contributed by atoms with van der Waals surface area (Å²) < 4.78 is 25.7. The Morgan fingerprint density at radius 3 is 2.52 bits per heavy atom. The summed E-state index contributed by atoms with van der Waals surface area (Å²) in [6, 6.07) is 10.6. The highest BCUT2D eigenvalue weighted by atomic mass is 19.1. The fourth-order valence-electron chi connectivity index (χ4n) is 2.93. The van der Waals surface area contributed by atoms with Crippen molar-refractivity contribution in [3.8, 4) is 17.3 Å². The minimum atomic E-state index is -0.732. The SMILES string of the molecule is COc1cc(Cn2c(=O)c(OC)nn(-c3cccc(N(C)C(C)=O)c3)c2=O)ccc1F. The number of anilines is 1. The highest BCUT2D eigenvalue weighted by molar-refractivity contribution is 5.91. The Kier molecular flexibility index (Phi) is 6.19. The Labute approximate surface area is 176 Å². The number of hydrogen-bond donors (Lipinski definition) is 0. The molecule has 1 aromatic heterocycles. The molecule has 1 amide bonds. The first-order valence-corrected chi connectivity index (χ1v) is 9.22. The van der Waals surface area contributed by atoms with Gasteiger partial charge in [-0.2, -0.15) is 4.68 Å². The summed E-state index contributed by atoms with van der Waals surface area (Å²) in [4.78, 5) is 38.9. The number of nitrogens with zero attached hydrogens (tertiary/aromatic N) is 4. The lowest BCUT2D eigenvalue weighted by atomic mass is 10.2. The first kappa shape index (κ1) is 21.8. The predicted molar refractivity (Wildman–Crippen MR) is 112 cm³/mol. The number of benzene rings is 2. The van der Waals surface area contributed by atoms with Crippen molar-refractivity contribution < 1.29 is 18.7 Å². The lowest BCUT2D eigenvalue weighted by Gasteiger charge is -2.17. The molecule has 1 heterocycles. The number of rotatable bonds is 6. The van der Waals surface area contributed by atoms with Crippen molar-refractivity contribution in [1.29, 1.82) is 0 Å². The Bertz CT molecular complexity index is 1250. The number of carbonyl (C=O) groups excluding carboxylic acids is 1. The topological polar surface area (TPSA) is 95.7 Å². The van der Waals surface area contributed by atoms with Gasteiger partial charge in [0.1, 0.15) is 0 Å². The molecule has 3 rings (SSSR count). The molecule has 31 heavy (non-hydrogen) atoms. The van der Waals surface area contributed by atoms with Crippen molar-refractivity contribution >= 4 is 11.6 Å². The molecule has 10 heteroatoms. The van der Waals surface area contributed by atoms with Crippen LogP contribution < -0.4 is 25.6 Å². The number of hydrogen-bond acceptors (Lipinski definition) is 6. The average molecular weight is 428 g/mol. The highest BCUT2D eigenvalue weighted by Gasteiger charge is 2.17. The standard InChI is InChI=1S/C21H21FN4O5/c1-13(27)24(2)15-6-5-7-16(11-15)26-21(29)25(20(28)19(23-26)31-4)12-14-8-9-17(22)18(10-14)30-3/h5-11H,12H2,1-4H3. The van der Waals surface area contributed by atoms with Gasteiger partial charge in [-0.05, 0) is 35.9 Å². The normalized spacial score (nSPS) is 10.6. The van der Waals surface area contributed by atoms with E-state index in [0.29, 0.717) is 16.9 Å². The van der Waals surface area contributed by atoms with Crippen LogP contribution in [0.2, 0.25) is 0 Å². The second-order valence-electron chi connectivity index (χ2n) is 6.66. The smallest absolute Gasteiger partial charge is 0.352 e. The molecule has 3 aromatic rings. The Hall–Kier alpha value is -3.95. The van der Waals surface area contributed by atoms with E-state index in [1.54, 1.807) is 31.3 Å². The van der Waals surface area contributed by atoms with E-state index < -0.39 is 17.1 Å². The summed E-state index contributed by atoms with van der Waals surface area (Å²) >= 11 is 0. The van der Waals surface area contributed by atoms with E-state index in [0.717, 1.165) is 9.25 Å². The largest absolute Gasteiger partial charge is 0.494 e. The number of carbonyl (C=O) groups is 1. The molecule has 0 spiro atoms. The van der Waals surface area contributed by atoms with Crippen LogP contribution in [0.4, 0.5) is 10.1 Å². The predicted octanol–water partition coefficient (Wildman–Crippen LogP) is 1.58. The van der Waals surface area contributed by atoms with Gasteiger partial charge >= 0.3 is 11.2 Å². The second-order valence-corrected chi connectivity index (χ2v) is 6.66. The van der Waals surface area contributed by atoms with Crippen molar-refractivity contribution in [2.45, 2.75) is 13.5 Å². The van der Waals surface area contributed by atoms with Gasteiger partial charge in [-0.3, -0.25) is 9.59 Å². The molecule has 0 unspecified atom stereocenters. The minimum Gasteiger partial charge on any atom is -0.494 e. The van der Waals surface area contributed by atoms with E-state index in [2.05, 4.69) is 5.10 Å². The average Bonchev–Trinajstić information content (AvgIpc) is 2.77. The number of aromatic nitrogens is 3. The van der Waals surface area contributed by atoms with Crippen LogP contribution in [-0.4, -0.2) is 41.5 Å². The summed E-state index contributed by atoms with van der Waals surface area (Å²) in [5.41, 5.74) is -0.110. The molecular weight excluding hydrogens is 407 g/mol. The fraction of sp³-hybridized carbons (Fsp3) is 0.238. The van der Waals surface area contributed by atoms with E-state index in [1.165, 1.54) is 44.2 Å². The van der Waals surface area contributed by atoms with E-state index in [9.17, 15) is 18.8 Å². The van der Waals surface area contributed by atoms with Crippen LogP contribution in [0.5, 0.6) is 11.6 Å². The summed E-state index contributed by atoms with van der Waals surface area (Å²) in [5, 5.41) is 4.02. The molecule has 0 aliphatic carbocycles. The number of methoxy groups -OCH3 is 2. The zero-order chi connectivity index (χ0) is 22.7. The Morgan fingerprint density at radius 1 is 1.13 bits per heavy atom. The van der Waals surface area contributed by atoms with Gasteiger partial charge in [0.05, 0.1) is 26.5 Å². The first-order chi connectivity index (χ1) is 14.8. The van der Waals surface area contributed by atoms with E-state index in [4.69, 9.17) is 9.47 Å². The van der Waals surface area contributed by atoms with Crippen molar-refractivity contribution in [3.63, 3.8) is 0 Å². The van der Waals surface area contributed by atoms with Gasteiger partial charge < -0.3 is 14.4 Å². The van der Waals surface area contributed by atoms with Gasteiger partial charge in [0.2, 0.25) is 5.91 Å². The Morgan fingerprint density at radius 2 is 1.87 bits per heavy atom. The number of amides is 1. The summed E-state index contributed by atoms with van der Waals surface area (Å²) in [5.74, 6) is -1.05. The van der Waals surface area contributed by atoms with Crippen molar-refractivity contribution in [1.82, 2.24) is 14.3 Å². The third-order valence-electron chi connectivity index (χ3n) is 4.71. The van der Waals surface area contributed by atoms with Gasteiger partial charge in [0, 0.05) is 19.7 Å². The van der Waals surface area contributed by atoms with Gasteiger partial charge in [-0.15, -0.1) is 5.10 Å². The first-order valence-electron chi connectivity index (χ1n) is 9.22. The highest BCUT2D eigenvalue weighted by Crippen LogP contribution is 2.19. The molecule has 0 radical (unpaired) electrons. The quantitative estimate of drug-likeness (QED) is 0.592. The third kappa shape index (κ3) is 4.32. The maximum Gasteiger partial charge on any atom is 0.352 e. The zero-order valence-electron chi connectivity index (χ0n) is 17.5. The third-order valence-corrected chi connectivity index (χ3v) is 4.71. The molecule has 0 saturated carbocycles. The maximum atomic E-state index is 13.7. The van der Waals surface area contributed by atoms with Crippen molar-refractivity contribution in [2.75, 3.05) is 26.2 Å². The monoisotopic (exact) mass is 428 g/mol. The molecule has 0 aliphatic rings. The van der Waals surface area contributed by atoms with Crippen LogP contribution in [0.3, 0.4) is 0 Å². The molecular formula is C21H21FN4O5. The minimum absolute atomic E-state index is 0.00753. The summed E-state index contributed by atoms with van der Waals surface area (Å²) in [6.07, 6.45) is 0. The molecule has 0 saturated heterocycles. The van der Waals surface area contributed by atoms with Crippen molar-refractivity contribution in [3.05, 3.63) is 74.7 Å². The summed E-state index contributed by atoms with van der Waals surface area (Å²) in [6.45, 7) is 1.26. The fourth-order valence-corrected chi connectivity index (χ4v) is 2.93. The van der Waals surface area contributed by atoms with Crippen molar-refractivity contribution in [2.24, 2.45) is 0 Å². The summed E-state index contributed by atoms with van der Waals surface area (Å²) in [7, 11) is 4.19. The molecule has 9 nitrogen and oxygen atoms in total. The molecule has 0 atom stereocenters. The maximum absolute atomic E-state index is 13.7. The lowest BCUT2D eigenvalue weighted by Crippen LogP contribution is -2.41. The van der Waals surface area contributed by atoms with Gasteiger partial charge in [-0.25, -0.2) is 13.8 Å². The zero-order valence-corrected chi connectivity index (χ0v) is 17.5. The van der Waals surface area contributed by atoms with E-state index >= 15 is 0 Å². The van der Waals surface area contributed by atoms with E-state index in [-0.39, 0.29) is 24.1 Å². The van der Waals surface area contributed by atoms with Gasteiger partial charge in [0.15, 0.2) is 11.6 Å². The molecule has 2 aromatic carbocycles. The molecule has 0 bridgehead atoms. The van der Waals surface area contributed by atoms with Crippen LogP contribution in [0.25, 0.3) is 5.69 Å². The van der Waals surface area contributed by atoms with Gasteiger partial charge in [-0.1, -0.05) is 12.1 Å². The van der Waals surface area contributed by atoms with E-state index in [1.807, 2.05) is 0 Å². The molecule has 0 fully saturated rings. The number of ether oxygens (including phenoxy) is 2. The number of halogens is 1. The molecule has 0 aliphatic heterocycles. The van der Waals surface area contributed by atoms with Crippen LogP contribution in [-0.2, 0) is 11.3 Å². The lowest BCUT2D eigenvalue weighted by molar-refractivity contribution is -0.116. The van der Waals surface area contributed by atoms with Crippen LogP contribution in [0.15, 0.2) is 52.1 Å². The Balaban J connectivity index is 2.15. The van der Waals surface area contributed by atoms with Crippen LogP contribution >= 0.6 is 0 Å². The molecule has 0 N–H and O–H groups in total. The van der Waals surface area contributed by atoms with Crippen LogP contribution in [0, 0.1) is 5.82 Å². The van der Waals surface area contributed by atoms with Crippen LogP contribution in [0.1, 0.15) is 12.5 Å². The van der Waals surface area contributed by atoms with Gasteiger partial charge in [0.25, 0.3) is 5.88 Å². The second kappa shape index (κ2) is 8.82. The molecule has 162 valence electrons.